The van der Waals surface area contributed by atoms with Gasteiger partial charge >= 0.3 is 5.97 Å². The Morgan fingerprint density at radius 2 is 2.05 bits per heavy atom. The minimum atomic E-state index is -0.556. The third-order valence-electron chi connectivity index (χ3n) is 3.92. The van der Waals surface area contributed by atoms with Crippen LogP contribution in [0.5, 0.6) is 0 Å². The van der Waals surface area contributed by atoms with Crippen molar-refractivity contribution in [1.82, 2.24) is 4.90 Å². The van der Waals surface area contributed by atoms with Gasteiger partial charge in [-0.25, -0.2) is 4.79 Å². The number of benzene rings is 1. The first-order chi connectivity index (χ1) is 10.1. The van der Waals surface area contributed by atoms with Crippen molar-refractivity contribution in [3.8, 4) is 0 Å². The second-order valence-electron chi connectivity index (χ2n) is 5.24. The molecule has 2 saturated heterocycles. The fourth-order valence-corrected chi connectivity index (χ4v) is 2.92. The largest absolute Gasteiger partial charge is 0.459 e. The van der Waals surface area contributed by atoms with Gasteiger partial charge in [-0.1, -0.05) is 12.1 Å². The highest BCUT2D eigenvalue weighted by molar-refractivity contribution is 5.97. The number of carbonyl (C=O) groups excluding carboxylic acids is 2. The lowest BCUT2D eigenvalue weighted by Crippen LogP contribution is -2.44. The van der Waals surface area contributed by atoms with E-state index >= 15 is 0 Å². The van der Waals surface area contributed by atoms with E-state index in [0.717, 1.165) is 0 Å². The van der Waals surface area contributed by atoms with Gasteiger partial charge in [0.25, 0.3) is 5.91 Å². The first kappa shape index (κ1) is 12.1. The lowest BCUT2D eigenvalue weighted by Gasteiger charge is -2.25. The molecular weight excluding hydrogens is 274 g/mol. The van der Waals surface area contributed by atoms with Gasteiger partial charge in [0.1, 0.15) is 17.7 Å². The van der Waals surface area contributed by atoms with E-state index in [2.05, 4.69) is 0 Å². The third kappa shape index (κ3) is 1.75. The van der Waals surface area contributed by atoms with Crippen molar-refractivity contribution in [1.29, 1.82) is 0 Å². The number of carbonyl (C=O) groups is 2. The Bertz CT molecular complexity index is 824. The highest BCUT2D eigenvalue weighted by Gasteiger charge is 2.49. The Kier molecular flexibility index (Phi) is 2.42. The van der Waals surface area contributed by atoms with Crippen LogP contribution in [-0.4, -0.2) is 35.5 Å². The highest BCUT2D eigenvalue weighted by Crippen LogP contribution is 2.30. The van der Waals surface area contributed by atoms with Crippen molar-refractivity contribution in [2.75, 3.05) is 6.54 Å². The third-order valence-corrected chi connectivity index (χ3v) is 3.92. The van der Waals surface area contributed by atoms with Gasteiger partial charge in [0.15, 0.2) is 11.2 Å². The van der Waals surface area contributed by atoms with Crippen molar-refractivity contribution in [2.24, 2.45) is 0 Å². The zero-order chi connectivity index (χ0) is 14.6. The fraction of sp³-hybridized carbons (Fsp3) is 0.267. The monoisotopic (exact) mass is 285 g/mol. The van der Waals surface area contributed by atoms with E-state index in [-0.39, 0.29) is 23.3 Å². The van der Waals surface area contributed by atoms with Crippen LogP contribution in [0.15, 0.2) is 39.5 Å². The van der Waals surface area contributed by atoms with Crippen LogP contribution in [0.1, 0.15) is 17.0 Å². The van der Waals surface area contributed by atoms with E-state index in [9.17, 15) is 14.4 Å². The molecule has 2 aromatic rings. The first-order valence-corrected chi connectivity index (χ1v) is 6.68. The van der Waals surface area contributed by atoms with Crippen molar-refractivity contribution in [3.63, 3.8) is 0 Å². The highest BCUT2D eigenvalue weighted by atomic mass is 16.6. The van der Waals surface area contributed by atoms with Gasteiger partial charge < -0.3 is 14.1 Å². The zero-order valence-electron chi connectivity index (χ0n) is 10.9. The summed E-state index contributed by atoms with van der Waals surface area (Å²) in [5.74, 6) is -0.871. The Morgan fingerprint density at radius 1 is 1.24 bits per heavy atom. The van der Waals surface area contributed by atoms with Gasteiger partial charge in [-0.3, -0.25) is 9.59 Å². The summed E-state index contributed by atoms with van der Waals surface area (Å²) in [5.41, 5.74) is 0.0902. The fourth-order valence-electron chi connectivity index (χ4n) is 2.92. The molecule has 106 valence electrons. The number of nitrogens with zero attached hydrogens (tertiary/aromatic N) is 1. The summed E-state index contributed by atoms with van der Waals surface area (Å²) < 4.78 is 10.6. The molecule has 6 heteroatoms. The number of rotatable bonds is 1. The molecule has 21 heavy (non-hydrogen) atoms. The Hall–Kier alpha value is -2.63. The number of morpholine rings is 1. The molecule has 4 rings (SSSR count). The van der Waals surface area contributed by atoms with Gasteiger partial charge in [-0.2, -0.15) is 0 Å². The quantitative estimate of drug-likeness (QED) is 0.729. The summed E-state index contributed by atoms with van der Waals surface area (Å²) in [6, 6.07) is 7.37. The molecule has 6 nitrogen and oxygen atoms in total. The molecular formula is C15H11NO5. The van der Waals surface area contributed by atoms with Crippen LogP contribution in [0.25, 0.3) is 11.0 Å². The van der Waals surface area contributed by atoms with Gasteiger partial charge in [-0.15, -0.1) is 0 Å². The maximum Gasteiger partial charge on any atom is 0.329 e. The Balaban J connectivity index is 1.75. The molecule has 2 fully saturated rings. The molecule has 0 spiro atoms. The molecule has 0 saturated carbocycles. The Morgan fingerprint density at radius 3 is 2.81 bits per heavy atom. The Labute approximate surface area is 118 Å². The summed E-state index contributed by atoms with van der Waals surface area (Å²) in [7, 11) is 0. The number of hydrogen-bond acceptors (Lipinski definition) is 5. The van der Waals surface area contributed by atoms with Crippen molar-refractivity contribution < 1.29 is 18.7 Å². The number of fused-ring (bicyclic) bond motifs is 3. The average molecular weight is 285 g/mol. The topological polar surface area (TPSA) is 76.8 Å². The molecule has 1 amide bonds. The smallest absolute Gasteiger partial charge is 0.329 e. The second kappa shape index (κ2) is 4.18. The van der Waals surface area contributed by atoms with E-state index in [0.29, 0.717) is 23.9 Å². The number of ether oxygens (including phenoxy) is 1. The minimum Gasteiger partial charge on any atom is -0.459 e. The van der Waals surface area contributed by atoms with Crippen molar-refractivity contribution in [3.05, 3.63) is 46.3 Å². The van der Waals surface area contributed by atoms with E-state index in [1.807, 2.05) is 0 Å². The van der Waals surface area contributed by atoms with Crippen LogP contribution >= 0.6 is 0 Å². The molecule has 1 aromatic carbocycles. The molecule has 2 bridgehead atoms. The molecule has 2 aliphatic rings. The first-order valence-electron chi connectivity index (χ1n) is 6.68. The van der Waals surface area contributed by atoms with Crippen molar-refractivity contribution >= 4 is 22.8 Å². The second-order valence-corrected chi connectivity index (χ2v) is 5.24. The summed E-state index contributed by atoms with van der Waals surface area (Å²) in [6.07, 6.45) is 0.279. The van der Waals surface area contributed by atoms with Crippen LogP contribution in [0.4, 0.5) is 0 Å². The number of esters is 1. The summed E-state index contributed by atoms with van der Waals surface area (Å²) in [4.78, 5) is 37.5. The number of hydrogen-bond donors (Lipinski definition) is 0. The maximum absolute atomic E-state index is 12.5. The van der Waals surface area contributed by atoms with E-state index < -0.39 is 11.9 Å². The van der Waals surface area contributed by atoms with Gasteiger partial charge in [0.2, 0.25) is 0 Å². The molecule has 2 atom stereocenters. The maximum atomic E-state index is 12.5. The van der Waals surface area contributed by atoms with Crippen LogP contribution in [-0.2, 0) is 9.53 Å². The van der Waals surface area contributed by atoms with Crippen molar-refractivity contribution in [2.45, 2.75) is 18.6 Å². The number of likely N-dealkylation sites (tertiary alicyclic amines) is 1. The SMILES string of the molecule is O=C1O[C@@H]2C[C@H]1N(C(=O)c1cc(=O)c3ccccc3o1)C2. The van der Waals surface area contributed by atoms with E-state index in [1.165, 1.54) is 11.0 Å². The predicted octanol–water partition coefficient (Wildman–Crippen LogP) is 0.933. The van der Waals surface area contributed by atoms with Crippen LogP contribution in [0.2, 0.25) is 0 Å². The van der Waals surface area contributed by atoms with Gasteiger partial charge in [-0.05, 0) is 12.1 Å². The number of para-hydroxylation sites is 1. The summed E-state index contributed by atoms with van der Waals surface area (Å²) >= 11 is 0. The zero-order valence-corrected chi connectivity index (χ0v) is 10.9. The lowest BCUT2D eigenvalue weighted by atomic mass is 10.2. The van der Waals surface area contributed by atoms with Crippen LogP contribution in [0.3, 0.4) is 0 Å². The molecule has 2 aliphatic heterocycles. The molecule has 1 aromatic heterocycles. The van der Waals surface area contributed by atoms with Crippen LogP contribution < -0.4 is 5.43 Å². The molecule has 0 N–H and O–H groups in total. The van der Waals surface area contributed by atoms with E-state index in [4.69, 9.17) is 9.15 Å². The normalized spacial score (nSPS) is 23.6. The summed E-state index contributed by atoms with van der Waals surface area (Å²) in [6.45, 7) is 0.353. The lowest BCUT2D eigenvalue weighted by molar-refractivity contribution is -0.149. The predicted molar refractivity (Wildman–Crippen MR) is 71.8 cm³/mol. The average Bonchev–Trinajstić information content (AvgIpc) is 3.05. The number of amides is 1. The minimum absolute atomic E-state index is 0.0425. The van der Waals surface area contributed by atoms with Gasteiger partial charge in [0.05, 0.1) is 11.9 Å². The van der Waals surface area contributed by atoms with Gasteiger partial charge in [0, 0.05) is 12.5 Å². The molecule has 0 radical (unpaired) electrons. The molecule has 3 heterocycles. The standard InChI is InChI=1S/C15H11NO5/c17-11-6-13(21-12-4-2-1-3-9(11)12)14(18)16-7-8-5-10(16)15(19)20-8/h1-4,6,8,10H,5,7H2/t8-,10-/m1/s1. The molecule has 0 aliphatic carbocycles. The summed E-state index contributed by atoms with van der Waals surface area (Å²) in [5, 5.41) is 0.427. The van der Waals surface area contributed by atoms with E-state index in [1.54, 1.807) is 24.3 Å². The van der Waals surface area contributed by atoms with Crippen LogP contribution in [0, 0.1) is 0 Å². The molecule has 0 unspecified atom stereocenters.